The summed E-state index contributed by atoms with van der Waals surface area (Å²) in [5.74, 6) is 1.50. The van der Waals surface area contributed by atoms with Crippen LogP contribution in [0.25, 0.3) is 22.2 Å². The fourth-order valence-corrected chi connectivity index (χ4v) is 4.75. The van der Waals surface area contributed by atoms with Crippen molar-refractivity contribution in [3.05, 3.63) is 79.6 Å². The van der Waals surface area contributed by atoms with Gasteiger partial charge in [0.2, 0.25) is 0 Å². The highest BCUT2D eigenvalue weighted by atomic mass is 16.5. The van der Waals surface area contributed by atoms with Gasteiger partial charge in [-0.25, -0.2) is 14.8 Å². The van der Waals surface area contributed by atoms with Crippen LogP contribution in [0, 0.1) is 12.8 Å². The van der Waals surface area contributed by atoms with Gasteiger partial charge < -0.3 is 25.0 Å². The topological polar surface area (TPSA) is 107 Å². The second kappa shape index (κ2) is 9.66. The van der Waals surface area contributed by atoms with E-state index in [2.05, 4.69) is 27.7 Å². The molecule has 0 bridgehead atoms. The highest BCUT2D eigenvalue weighted by molar-refractivity contribution is 6.00. The van der Waals surface area contributed by atoms with E-state index in [-0.39, 0.29) is 12.6 Å². The summed E-state index contributed by atoms with van der Waals surface area (Å²) in [6.45, 7) is 4.96. The first-order valence-electron chi connectivity index (χ1n) is 11.7. The molecule has 3 N–H and O–H groups in total. The molecule has 0 atom stereocenters. The van der Waals surface area contributed by atoms with E-state index in [9.17, 15) is 9.90 Å². The molecule has 1 saturated carbocycles. The number of nitrogens with two attached hydrogens (primary N) is 1. The van der Waals surface area contributed by atoms with E-state index < -0.39 is 6.09 Å². The lowest BCUT2D eigenvalue weighted by Gasteiger charge is -2.38. The molecule has 0 saturated heterocycles. The quantitative estimate of drug-likeness (QED) is 0.374. The Kier molecular flexibility index (Phi) is 6.27. The minimum Gasteiger partial charge on any atom is -0.489 e. The third-order valence-corrected chi connectivity index (χ3v) is 6.66. The maximum absolute atomic E-state index is 11.3. The number of fused-ring (bicyclic) bond motifs is 1. The average molecular weight is 471 g/mol. The van der Waals surface area contributed by atoms with Gasteiger partial charge in [-0.15, -0.1) is 0 Å². The molecular formula is C27H28N5O3. The molecular weight excluding hydrogens is 442 g/mol. The first kappa shape index (κ1) is 22.7. The fraction of sp³-hybridized carbons (Fsp3) is 0.259. The molecule has 4 aromatic rings. The molecule has 35 heavy (non-hydrogen) atoms. The van der Waals surface area contributed by atoms with E-state index in [0.717, 1.165) is 46.3 Å². The molecule has 8 nitrogen and oxygen atoms in total. The molecule has 1 aliphatic carbocycles. The molecule has 5 rings (SSSR count). The average Bonchev–Trinajstić information content (AvgIpc) is 3.23. The third kappa shape index (κ3) is 4.64. The predicted molar refractivity (Wildman–Crippen MR) is 135 cm³/mol. The zero-order chi connectivity index (χ0) is 24.4. The maximum Gasteiger partial charge on any atom is 0.407 e. The van der Waals surface area contributed by atoms with Gasteiger partial charge in [-0.1, -0.05) is 42.5 Å². The molecule has 1 aliphatic rings. The standard InChI is InChI=1S/C27H28N5O3/c1-2-31(27(33)34)14-19-11-21(12-19)32-15-23(24-25(28)29-17-30-26(24)32)20-9-6-10-22(13-20)35-16-18-7-4-3-5-8-18/h3-10,13,15,17,19,21H,1-2,11-12,14,16H2,(H,33,34)(H2,28,29,30). The summed E-state index contributed by atoms with van der Waals surface area (Å²) in [4.78, 5) is 21.5. The van der Waals surface area contributed by atoms with Gasteiger partial charge in [-0.3, -0.25) is 0 Å². The molecule has 0 spiro atoms. The Balaban J connectivity index is 1.40. The second-order valence-electron chi connectivity index (χ2n) is 8.93. The van der Waals surface area contributed by atoms with E-state index in [1.807, 2.05) is 54.6 Å². The number of nitrogens with zero attached hydrogens (tertiary/aromatic N) is 4. The van der Waals surface area contributed by atoms with Crippen molar-refractivity contribution in [3.63, 3.8) is 0 Å². The smallest absolute Gasteiger partial charge is 0.407 e. The Morgan fingerprint density at radius 1 is 1.17 bits per heavy atom. The van der Waals surface area contributed by atoms with Crippen LogP contribution in [0.3, 0.4) is 0 Å². The van der Waals surface area contributed by atoms with Crippen LogP contribution < -0.4 is 10.5 Å². The lowest BCUT2D eigenvalue weighted by Crippen LogP contribution is -2.39. The van der Waals surface area contributed by atoms with Crippen molar-refractivity contribution in [3.8, 4) is 16.9 Å². The number of aromatic nitrogens is 3. The van der Waals surface area contributed by atoms with Crippen molar-refractivity contribution in [2.45, 2.75) is 25.5 Å². The molecule has 0 aliphatic heterocycles. The number of hydrogen-bond acceptors (Lipinski definition) is 5. The lowest BCUT2D eigenvalue weighted by molar-refractivity contribution is 0.112. The number of hydrogen-bond donors (Lipinski definition) is 2. The molecule has 8 heteroatoms. The van der Waals surface area contributed by atoms with Gasteiger partial charge >= 0.3 is 6.09 Å². The van der Waals surface area contributed by atoms with Crippen molar-refractivity contribution in [2.24, 2.45) is 5.92 Å². The number of nitrogen functional groups attached to an aromatic ring is 1. The van der Waals surface area contributed by atoms with Crippen LogP contribution in [0.2, 0.25) is 0 Å². The van der Waals surface area contributed by atoms with Crippen LogP contribution in [0.4, 0.5) is 10.6 Å². The Hall–Kier alpha value is -4.07. The van der Waals surface area contributed by atoms with Gasteiger partial charge in [0.05, 0.1) is 5.39 Å². The van der Waals surface area contributed by atoms with E-state index in [0.29, 0.717) is 24.9 Å². The molecule has 2 heterocycles. The summed E-state index contributed by atoms with van der Waals surface area (Å²) in [6, 6.07) is 18.2. The zero-order valence-electron chi connectivity index (χ0n) is 19.4. The molecule has 1 amide bonds. The van der Waals surface area contributed by atoms with Gasteiger partial charge in [0.15, 0.2) is 0 Å². The van der Waals surface area contributed by atoms with Crippen LogP contribution in [0.1, 0.15) is 24.4 Å². The van der Waals surface area contributed by atoms with Crippen molar-refractivity contribution in [1.29, 1.82) is 0 Å². The summed E-state index contributed by atoms with van der Waals surface area (Å²) in [5.41, 5.74) is 10.1. The lowest BCUT2D eigenvalue weighted by atomic mass is 9.79. The van der Waals surface area contributed by atoms with Crippen molar-refractivity contribution in [1.82, 2.24) is 19.4 Å². The van der Waals surface area contributed by atoms with E-state index in [4.69, 9.17) is 10.5 Å². The van der Waals surface area contributed by atoms with E-state index in [1.54, 1.807) is 0 Å². The van der Waals surface area contributed by atoms with Crippen molar-refractivity contribution >= 4 is 22.9 Å². The Bertz CT molecular complexity index is 1330. The Morgan fingerprint density at radius 2 is 1.97 bits per heavy atom. The second-order valence-corrected chi connectivity index (χ2v) is 8.93. The molecule has 2 aromatic carbocycles. The first-order valence-corrected chi connectivity index (χ1v) is 11.7. The van der Waals surface area contributed by atoms with Gasteiger partial charge in [0, 0.05) is 30.9 Å². The molecule has 1 radical (unpaired) electrons. The SMILES string of the molecule is [CH2]CN(CC1CC(n2cc(-c3cccc(OCc4ccccc4)c3)c3c(N)ncnc32)C1)C(=O)O. The highest BCUT2D eigenvalue weighted by Crippen LogP contribution is 2.43. The van der Waals surface area contributed by atoms with Crippen LogP contribution in [0.15, 0.2) is 67.1 Å². The number of anilines is 1. The monoisotopic (exact) mass is 470 g/mol. The van der Waals surface area contributed by atoms with Crippen LogP contribution in [0.5, 0.6) is 5.75 Å². The normalized spacial score (nSPS) is 17.2. The van der Waals surface area contributed by atoms with E-state index >= 15 is 0 Å². The van der Waals surface area contributed by atoms with Gasteiger partial charge in [-0.05, 0) is 48.9 Å². The van der Waals surface area contributed by atoms with Crippen molar-refractivity contribution < 1.29 is 14.6 Å². The highest BCUT2D eigenvalue weighted by Gasteiger charge is 2.34. The molecule has 1 fully saturated rings. The minimum atomic E-state index is -0.924. The zero-order valence-corrected chi connectivity index (χ0v) is 19.4. The minimum absolute atomic E-state index is 0.225. The number of carbonyl (C=O) groups is 1. The first-order chi connectivity index (χ1) is 17.0. The Labute approximate surface area is 204 Å². The number of benzene rings is 2. The molecule has 179 valence electrons. The van der Waals surface area contributed by atoms with Crippen LogP contribution in [-0.2, 0) is 6.61 Å². The largest absolute Gasteiger partial charge is 0.489 e. The number of rotatable bonds is 8. The van der Waals surface area contributed by atoms with Gasteiger partial charge in [-0.2, -0.15) is 0 Å². The summed E-state index contributed by atoms with van der Waals surface area (Å²) in [5, 5.41) is 10.1. The van der Waals surface area contributed by atoms with Crippen LogP contribution >= 0.6 is 0 Å². The summed E-state index contributed by atoms with van der Waals surface area (Å²) >= 11 is 0. The van der Waals surface area contributed by atoms with Crippen LogP contribution in [-0.4, -0.2) is 43.7 Å². The maximum atomic E-state index is 11.3. The third-order valence-electron chi connectivity index (χ3n) is 6.66. The summed E-state index contributed by atoms with van der Waals surface area (Å²) in [7, 11) is 0. The molecule has 2 aromatic heterocycles. The molecule has 0 unspecified atom stereocenters. The number of ether oxygens (including phenoxy) is 1. The van der Waals surface area contributed by atoms with Gasteiger partial charge in [0.1, 0.15) is 30.1 Å². The number of amides is 1. The summed E-state index contributed by atoms with van der Waals surface area (Å²) < 4.78 is 8.20. The van der Waals surface area contributed by atoms with Crippen molar-refractivity contribution in [2.75, 3.05) is 18.8 Å². The number of carboxylic acid groups (broad SMARTS) is 1. The summed E-state index contributed by atoms with van der Waals surface area (Å²) in [6.07, 6.45) is 4.40. The fourth-order valence-electron chi connectivity index (χ4n) is 4.75. The van der Waals surface area contributed by atoms with E-state index in [1.165, 1.54) is 11.2 Å². The Morgan fingerprint density at radius 3 is 2.71 bits per heavy atom. The predicted octanol–water partition coefficient (Wildman–Crippen LogP) is 5.02. The van der Waals surface area contributed by atoms with Gasteiger partial charge in [0.25, 0.3) is 0 Å².